The Hall–Kier alpha value is -2.49. The van der Waals surface area contributed by atoms with Crippen LogP contribution in [0.4, 0.5) is 5.69 Å². The van der Waals surface area contributed by atoms with E-state index in [0.29, 0.717) is 5.75 Å². The van der Waals surface area contributed by atoms with Crippen LogP contribution < -0.4 is 15.1 Å². The molecular weight excluding hydrogens is 466 g/mol. The normalized spacial score (nSPS) is 21.0. The van der Waals surface area contributed by atoms with Gasteiger partial charge in [-0.3, -0.25) is 15.0 Å². The van der Waals surface area contributed by atoms with E-state index in [9.17, 15) is 10.3 Å². The molecule has 8 nitrogen and oxygen atoms in total. The fraction of sp³-hybridized carbons (Fsp3) is 0.552. The van der Waals surface area contributed by atoms with E-state index in [-0.39, 0.29) is 29.9 Å². The third kappa shape index (κ3) is 6.16. The molecule has 2 unspecified atom stereocenters. The number of hydrazine groups is 1. The molecule has 2 aromatic carbocycles. The average Bonchev–Trinajstić information content (AvgIpc) is 2.85. The molecule has 2 fully saturated rings. The minimum Gasteiger partial charge on any atom is -0.507 e. The van der Waals surface area contributed by atoms with Gasteiger partial charge in [-0.05, 0) is 55.6 Å². The number of anilines is 1. The number of aromatic hydroxyl groups is 1. The van der Waals surface area contributed by atoms with Gasteiger partial charge in [-0.25, -0.2) is 5.43 Å². The number of hydrogen-bond acceptors (Lipinski definition) is 8. The first-order chi connectivity index (χ1) is 17.7. The summed E-state index contributed by atoms with van der Waals surface area (Å²) in [7, 11) is 1.63. The first-order valence-corrected chi connectivity index (χ1v) is 13.5. The number of hydroxylamine groups is 1. The summed E-state index contributed by atoms with van der Waals surface area (Å²) in [6.07, 6.45) is 1.67. The van der Waals surface area contributed by atoms with Gasteiger partial charge in [-0.2, -0.15) is 0 Å². The molecule has 2 heterocycles. The van der Waals surface area contributed by atoms with Gasteiger partial charge in [0.05, 0.1) is 12.7 Å². The largest absolute Gasteiger partial charge is 0.507 e. The van der Waals surface area contributed by atoms with Gasteiger partial charge in [-0.1, -0.05) is 38.1 Å². The lowest BCUT2D eigenvalue weighted by Gasteiger charge is -2.44. The van der Waals surface area contributed by atoms with E-state index >= 15 is 0 Å². The molecular formula is C29H44N5O3+. The van der Waals surface area contributed by atoms with Gasteiger partial charge in [0.15, 0.2) is 0 Å². The lowest BCUT2D eigenvalue weighted by Crippen LogP contribution is -2.63. The van der Waals surface area contributed by atoms with Crippen molar-refractivity contribution in [3.63, 3.8) is 0 Å². The van der Waals surface area contributed by atoms with Crippen LogP contribution in [0.1, 0.15) is 63.3 Å². The number of methoxy groups -OCH3 is 1. The van der Waals surface area contributed by atoms with E-state index in [2.05, 4.69) is 65.2 Å². The van der Waals surface area contributed by atoms with E-state index in [1.807, 2.05) is 26.3 Å². The maximum Gasteiger partial charge on any atom is 0.269 e. The van der Waals surface area contributed by atoms with E-state index in [1.54, 1.807) is 13.2 Å². The summed E-state index contributed by atoms with van der Waals surface area (Å²) >= 11 is 0. The Labute approximate surface area is 222 Å². The van der Waals surface area contributed by atoms with Crippen molar-refractivity contribution < 1.29 is 15.1 Å². The highest BCUT2D eigenvalue weighted by Crippen LogP contribution is 2.47. The standard InChI is InChI=1S/C29H43N5O3/c1-7-31-12-14-32(15-13-31)19-22-8-10-23(11-9-22)33-26(17-29(33)34(36)30-21(4)5)25-16-24(20(2)3)28(37-6)18-27(25)35/h8-11,16-18,20-21,26,29-30,36H,7,12-15,19H2,1-6H3/p+1. The first kappa shape index (κ1) is 27.5. The summed E-state index contributed by atoms with van der Waals surface area (Å²) in [4.78, 5) is 7.13. The molecule has 2 saturated heterocycles. The lowest BCUT2D eigenvalue weighted by atomic mass is 9.87. The van der Waals surface area contributed by atoms with Gasteiger partial charge < -0.3 is 14.7 Å². The number of nitrogens with zero attached hydrogens (tertiary/aromatic N) is 4. The summed E-state index contributed by atoms with van der Waals surface area (Å²) in [6.45, 7) is 16.9. The average molecular weight is 511 g/mol. The van der Waals surface area contributed by atoms with Gasteiger partial charge >= 0.3 is 0 Å². The number of likely N-dealkylation sites (N-methyl/N-ethyl adjacent to an activating group) is 1. The molecule has 0 amide bonds. The van der Waals surface area contributed by atoms with Crippen LogP contribution in [-0.2, 0) is 6.54 Å². The van der Waals surface area contributed by atoms with Crippen molar-refractivity contribution in [2.75, 3.05) is 44.7 Å². The highest BCUT2D eigenvalue weighted by Gasteiger charge is 2.54. The molecule has 0 saturated carbocycles. The zero-order chi connectivity index (χ0) is 26.7. The number of ether oxygens (including phenoxy) is 1. The van der Waals surface area contributed by atoms with E-state index in [4.69, 9.17) is 4.74 Å². The van der Waals surface area contributed by atoms with Crippen LogP contribution in [0.2, 0.25) is 0 Å². The van der Waals surface area contributed by atoms with Crippen molar-refractivity contribution in [2.24, 2.45) is 0 Å². The maximum atomic E-state index is 10.9. The molecule has 0 radical (unpaired) electrons. The first-order valence-electron chi connectivity index (χ1n) is 13.5. The molecule has 0 aromatic heterocycles. The molecule has 0 bridgehead atoms. The third-order valence-corrected chi connectivity index (χ3v) is 7.45. The highest BCUT2D eigenvalue weighted by molar-refractivity contribution is 5.60. The fourth-order valence-corrected chi connectivity index (χ4v) is 5.28. The Balaban J connectivity index is 1.57. The number of benzene rings is 2. The quantitative estimate of drug-likeness (QED) is 0.322. The van der Waals surface area contributed by atoms with Crippen LogP contribution in [0.3, 0.4) is 0 Å². The summed E-state index contributed by atoms with van der Waals surface area (Å²) in [5.41, 5.74) is 7.19. The Morgan fingerprint density at radius 1 is 1.05 bits per heavy atom. The van der Waals surface area contributed by atoms with Crippen LogP contribution in [0.15, 0.2) is 36.4 Å². The minimum atomic E-state index is -0.371. The second-order valence-corrected chi connectivity index (χ2v) is 10.8. The molecule has 2 aliphatic heterocycles. The van der Waals surface area contributed by atoms with Crippen LogP contribution >= 0.6 is 0 Å². The molecule has 202 valence electrons. The van der Waals surface area contributed by atoms with E-state index in [1.165, 1.54) is 5.56 Å². The summed E-state index contributed by atoms with van der Waals surface area (Å²) in [5, 5.41) is 22.9. The molecule has 4 rings (SSSR count). The van der Waals surface area contributed by atoms with Gasteiger partial charge in [-0.15, -0.1) is 0 Å². The van der Waals surface area contributed by atoms with Crippen LogP contribution in [0.5, 0.6) is 11.5 Å². The van der Waals surface area contributed by atoms with Crippen molar-refractivity contribution in [1.82, 2.24) is 20.4 Å². The monoisotopic (exact) mass is 510 g/mol. The molecule has 37 heavy (non-hydrogen) atoms. The van der Waals surface area contributed by atoms with Gasteiger partial charge in [0.2, 0.25) is 6.04 Å². The highest BCUT2D eigenvalue weighted by atomic mass is 16.5. The fourth-order valence-electron chi connectivity index (χ4n) is 5.28. The van der Waals surface area contributed by atoms with Crippen molar-refractivity contribution in [3.8, 4) is 11.5 Å². The maximum absolute atomic E-state index is 10.9. The van der Waals surface area contributed by atoms with Gasteiger partial charge in [0.1, 0.15) is 17.9 Å². The SMILES string of the molecule is CCN1CCN(Cc2ccc(N3C(c4cc(C(C)C)c(OC)cc4O)[CH+]C3N(O)NC(C)C)cc2)CC1. The molecule has 8 heteroatoms. The van der Waals surface area contributed by atoms with Crippen LogP contribution in [0.25, 0.3) is 0 Å². The van der Waals surface area contributed by atoms with E-state index in [0.717, 1.165) is 61.3 Å². The molecule has 2 atom stereocenters. The number of piperazine rings is 1. The van der Waals surface area contributed by atoms with Crippen molar-refractivity contribution >= 4 is 5.69 Å². The van der Waals surface area contributed by atoms with Crippen molar-refractivity contribution in [2.45, 2.75) is 65.3 Å². The summed E-state index contributed by atoms with van der Waals surface area (Å²) < 4.78 is 5.53. The Morgan fingerprint density at radius 2 is 1.70 bits per heavy atom. The van der Waals surface area contributed by atoms with Gasteiger partial charge in [0.25, 0.3) is 6.17 Å². The number of phenols is 1. The van der Waals surface area contributed by atoms with Crippen LogP contribution in [0, 0.1) is 6.42 Å². The topological polar surface area (TPSA) is 74.7 Å². The molecule has 0 spiro atoms. The predicted molar refractivity (Wildman–Crippen MR) is 148 cm³/mol. The summed E-state index contributed by atoms with van der Waals surface area (Å²) in [6, 6.07) is 12.2. The number of rotatable bonds is 10. The Bertz CT molecular complexity index is 1020. The molecule has 0 aliphatic carbocycles. The zero-order valence-corrected chi connectivity index (χ0v) is 23.2. The van der Waals surface area contributed by atoms with Crippen LogP contribution in [-0.4, -0.2) is 77.3 Å². The number of nitrogens with one attached hydrogen (secondary N) is 1. The van der Waals surface area contributed by atoms with E-state index < -0.39 is 0 Å². The zero-order valence-electron chi connectivity index (χ0n) is 23.2. The Morgan fingerprint density at radius 3 is 2.27 bits per heavy atom. The van der Waals surface area contributed by atoms with Gasteiger partial charge in [0, 0.05) is 50.5 Å². The Kier molecular flexibility index (Phi) is 8.87. The third-order valence-electron chi connectivity index (χ3n) is 7.45. The number of phenolic OH excluding ortho intramolecular Hbond substituents is 1. The molecule has 2 aromatic rings. The lowest BCUT2D eigenvalue weighted by molar-refractivity contribution is -0.180. The predicted octanol–water partition coefficient (Wildman–Crippen LogP) is 4.36. The second kappa shape index (κ2) is 11.9. The minimum absolute atomic E-state index is 0.0804. The molecule has 3 N–H and O–H groups in total. The second-order valence-electron chi connectivity index (χ2n) is 10.8. The van der Waals surface area contributed by atoms with Crippen molar-refractivity contribution in [1.29, 1.82) is 0 Å². The van der Waals surface area contributed by atoms with Crippen molar-refractivity contribution in [3.05, 3.63) is 59.5 Å². The number of hydrogen-bond donors (Lipinski definition) is 3. The molecule has 2 aliphatic rings. The summed E-state index contributed by atoms with van der Waals surface area (Å²) in [5.74, 6) is 1.12. The smallest absolute Gasteiger partial charge is 0.269 e.